The first kappa shape index (κ1) is 12.2. The largest absolute Gasteiger partial charge is 0.492 e. The fraction of sp³-hybridized carbons (Fsp3) is 0.333. The lowest BCUT2D eigenvalue weighted by molar-refractivity contribution is -0.130. The first-order chi connectivity index (χ1) is 8.61. The fourth-order valence-corrected chi connectivity index (χ4v) is 1.90. The number of para-hydroxylation sites is 1. The van der Waals surface area contributed by atoms with Crippen LogP contribution in [-0.2, 0) is 9.59 Å². The Hall–Kier alpha value is -2.24. The molecule has 0 atom stereocenters. The van der Waals surface area contributed by atoms with Crippen LogP contribution in [0.1, 0.15) is 6.92 Å². The maximum absolute atomic E-state index is 11.3. The van der Waals surface area contributed by atoms with E-state index in [9.17, 15) is 9.59 Å². The van der Waals surface area contributed by atoms with Gasteiger partial charge in [-0.25, -0.2) is 0 Å². The molecule has 1 aromatic carbocycles. The minimum absolute atomic E-state index is 0.117. The van der Waals surface area contributed by atoms with Gasteiger partial charge in [-0.2, -0.15) is 0 Å². The van der Waals surface area contributed by atoms with E-state index < -0.39 is 0 Å². The summed E-state index contributed by atoms with van der Waals surface area (Å²) in [5.41, 5.74) is 7.07. The number of carbonyl (C=O) groups excluding carboxylic acids is 2. The van der Waals surface area contributed by atoms with Gasteiger partial charge in [-0.05, 0) is 19.1 Å². The second-order valence-electron chi connectivity index (χ2n) is 3.95. The Morgan fingerprint density at radius 1 is 1.33 bits per heavy atom. The van der Waals surface area contributed by atoms with Crippen LogP contribution in [0.4, 0.5) is 11.4 Å². The van der Waals surface area contributed by atoms with Crippen LogP contribution in [-0.4, -0.2) is 31.5 Å². The monoisotopic (exact) mass is 249 g/mol. The molecule has 1 aliphatic rings. The van der Waals surface area contributed by atoms with Crippen LogP contribution < -0.4 is 20.7 Å². The highest BCUT2D eigenvalue weighted by atomic mass is 16.5. The van der Waals surface area contributed by atoms with Crippen molar-refractivity contribution in [2.75, 3.05) is 30.3 Å². The molecule has 1 fully saturated rings. The molecule has 6 heteroatoms. The zero-order chi connectivity index (χ0) is 13.1. The fourth-order valence-electron chi connectivity index (χ4n) is 1.90. The van der Waals surface area contributed by atoms with Crippen LogP contribution in [0.3, 0.4) is 0 Å². The van der Waals surface area contributed by atoms with Crippen LogP contribution in [0.25, 0.3) is 0 Å². The third kappa shape index (κ3) is 2.37. The van der Waals surface area contributed by atoms with Gasteiger partial charge in [-0.1, -0.05) is 6.07 Å². The first-order valence-corrected chi connectivity index (χ1v) is 5.70. The van der Waals surface area contributed by atoms with Crippen molar-refractivity contribution in [3.63, 3.8) is 0 Å². The third-order valence-electron chi connectivity index (χ3n) is 2.63. The standard InChI is InChI=1S/C12H15N3O3/c1-2-18-9-5-3-4-8(12(9)13)15-6-10(16)14-11(17)7-15/h3-5H,2,6-7,13H2,1H3,(H,14,16,17). The molecule has 1 saturated heterocycles. The van der Waals surface area contributed by atoms with E-state index in [-0.39, 0.29) is 24.9 Å². The number of carbonyl (C=O) groups is 2. The van der Waals surface area contributed by atoms with Crippen LogP contribution >= 0.6 is 0 Å². The minimum atomic E-state index is -0.326. The summed E-state index contributed by atoms with van der Waals surface area (Å²) in [6, 6.07) is 5.31. The molecule has 0 radical (unpaired) electrons. The van der Waals surface area contributed by atoms with Gasteiger partial charge >= 0.3 is 0 Å². The van der Waals surface area contributed by atoms with Gasteiger partial charge in [0.2, 0.25) is 11.8 Å². The van der Waals surface area contributed by atoms with Gasteiger partial charge in [0, 0.05) is 0 Å². The lowest BCUT2D eigenvalue weighted by atomic mass is 10.2. The second-order valence-corrected chi connectivity index (χ2v) is 3.95. The highest BCUT2D eigenvalue weighted by Crippen LogP contribution is 2.32. The first-order valence-electron chi connectivity index (χ1n) is 5.70. The van der Waals surface area contributed by atoms with E-state index in [1.165, 1.54) is 0 Å². The smallest absolute Gasteiger partial charge is 0.246 e. The zero-order valence-corrected chi connectivity index (χ0v) is 10.1. The van der Waals surface area contributed by atoms with E-state index in [2.05, 4.69) is 5.32 Å². The van der Waals surface area contributed by atoms with Crippen molar-refractivity contribution in [3.05, 3.63) is 18.2 Å². The predicted octanol–water partition coefficient (Wildman–Crippen LogP) is 0.130. The minimum Gasteiger partial charge on any atom is -0.492 e. The number of benzene rings is 1. The molecular formula is C12H15N3O3. The van der Waals surface area contributed by atoms with Crippen molar-refractivity contribution in [2.45, 2.75) is 6.92 Å². The summed E-state index contributed by atoms with van der Waals surface area (Å²) >= 11 is 0. The number of hydrogen-bond donors (Lipinski definition) is 2. The van der Waals surface area contributed by atoms with Crippen molar-refractivity contribution < 1.29 is 14.3 Å². The Balaban J connectivity index is 2.30. The molecule has 1 aliphatic heterocycles. The van der Waals surface area contributed by atoms with Crippen LogP contribution in [0.15, 0.2) is 18.2 Å². The Morgan fingerprint density at radius 2 is 2.00 bits per heavy atom. The van der Waals surface area contributed by atoms with Crippen molar-refractivity contribution in [1.82, 2.24) is 5.32 Å². The van der Waals surface area contributed by atoms with E-state index in [0.717, 1.165) is 0 Å². The lowest BCUT2D eigenvalue weighted by Gasteiger charge is -2.28. The van der Waals surface area contributed by atoms with Crippen molar-refractivity contribution in [3.8, 4) is 5.75 Å². The normalized spacial score (nSPS) is 15.5. The van der Waals surface area contributed by atoms with E-state index in [1.54, 1.807) is 23.1 Å². The number of amides is 2. The average molecular weight is 249 g/mol. The molecule has 0 aliphatic carbocycles. The lowest BCUT2D eigenvalue weighted by Crippen LogP contribution is -2.51. The van der Waals surface area contributed by atoms with Crippen LogP contribution in [0.5, 0.6) is 5.75 Å². The number of nitrogens with zero attached hydrogens (tertiary/aromatic N) is 1. The maximum atomic E-state index is 11.3. The summed E-state index contributed by atoms with van der Waals surface area (Å²) in [6.07, 6.45) is 0. The predicted molar refractivity (Wildman–Crippen MR) is 67.4 cm³/mol. The van der Waals surface area contributed by atoms with E-state index >= 15 is 0 Å². The molecule has 0 saturated carbocycles. The highest BCUT2D eigenvalue weighted by molar-refractivity contribution is 6.03. The van der Waals surface area contributed by atoms with Gasteiger partial charge in [0.1, 0.15) is 5.75 Å². The van der Waals surface area contributed by atoms with E-state index in [1.807, 2.05) is 6.92 Å². The number of anilines is 2. The summed E-state index contributed by atoms with van der Waals surface area (Å²) in [7, 11) is 0. The molecule has 2 rings (SSSR count). The maximum Gasteiger partial charge on any atom is 0.246 e. The molecule has 0 aromatic heterocycles. The molecule has 1 aromatic rings. The summed E-state index contributed by atoms with van der Waals surface area (Å²) in [5, 5.41) is 2.25. The van der Waals surface area contributed by atoms with E-state index in [4.69, 9.17) is 10.5 Å². The molecule has 1 heterocycles. The zero-order valence-electron chi connectivity index (χ0n) is 10.1. The number of nitrogens with one attached hydrogen (secondary N) is 1. The van der Waals surface area contributed by atoms with Crippen molar-refractivity contribution >= 4 is 23.2 Å². The Morgan fingerprint density at radius 3 is 2.61 bits per heavy atom. The number of piperazine rings is 1. The van der Waals surface area contributed by atoms with Crippen molar-refractivity contribution in [2.24, 2.45) is 0 Å². The number of hydrogen-bond acceptors (Lipinski definition) is 5. The molecule has 0 spiro atoms. The summed E-state index contributed by atoms with van der Waals surface area (Å²) in [4.78, 5) is 24.3. The summed E-state index contributed by atoms with van der Waals surface area (Å²) in [6.45, 7) is 2.61. The molecule has 0 unspecified atom stereocenters. The molecule has 3 N–H and O–H groups in total. The molecule has 18 heavy (non-hydrogen) atoms. The van der Waals surface area contributed by atoms with Gasteiger partial charge in [-0.15, -0.1) is 0 Å². The van der Waals surface area contributed by atoms with Gasteiger partial charge in [0.05, 0.1) is 31.1 Å². The quantitative estimate of drug-likeness (QED) is 0.587. The second kappa shape index (κ2) is 4.95. The van der Waals surface area contributed by atoms with Gasteiger partial charge in [-0.3, -0.25) is 14.9 Å². The summed E-state index contributed by atoms with van der Waals surface area (Å²) in [5.74, 6) is -0.0895. The third-order valence-corrected chi connectivity index (χ3v) is 2.63. The van der Waals surface area contributed by atoms with E-state index in [0.29, 0.717) is 23.7 Å². The SMILES string of the molecule is CCOc1cccc(N2CC(=O)NC(=O)C2)c1N. The highest BCUT2D eigenvalue weighted by Gasteiger charge is 2.24. The number of nitrogen functional groups attached to an aromatic ring is 1. The van der Waals surface area contributed by atoms with Gasteiger partial charge in [0.15, 0.2) is 0 Å². The molecule has 2 amide bonds. The average Bonchev–Trinajstić information content (AvgIpc) is 2.31. The Kier molecular flexibility index (Phi) is 3.36. The number of nitrogens with two attached hydrogens (primary N) is 1. The number of imide groups is 1. The molecule has 6 nitrogen and oxygen atoms in total. The van der Waals surface area contributed by atoms with Gasteiger partial charge < -0.3 is 15.4 Å². The summed E-state index contributed by atoms with van der Waals surface area (Å²) < 4.78 is 5.38. The Labute approximate surface area is 105 Å². The topological polar surface area (TPSA) is 84.7 Å². The van der Waals surface area contributed by atoms with Gasteiger partial charge in [0.25, 0.3) is 0 Å². The molecule has 96 valence electrons. The molecular weight excluding hydrogens is 234 g/mol. The van der Waals surface area contributed by atoms with Crippen LogP contribution in [0, 0.1) is 0 Å². The van der Waals surface area contributed by atoms with Crippen molar-refractivity contribution in [1.29, 1.82) is 0 Å². The molecule has 0 bridgehead atoms. The number of rotatable bonds is 3. The Bertz CT molecular complexity index is 471. The number of ether oxygens (including phenoxy) is 1. The van der Waals surface area contributed by atoms with Crippen LogP contribution in [0.2, 0.25) is 0 Å².